The summed E-state index contributed by atoms with van der Waals surface area (Å²) in [6.45, 7) is 5.28. The fraction of sp³-hybridized carbons (Fsp3) is 0.471. The summed E-state index contributed by atoms with van der Waals surface area (Å²) < 4.78 is 5.40. The van der Waals surface area contributed by atoms with E-state index in [4.69, 9.17) is 4.52 Å². The van der Waals surface area contributed by atoms with Gasteiger partial charge in [-0.05, 0) is 12.0 Å². The number of hydrogen-bond donors (Lipinski definition) is 1. The lowest BCUT2D eigenvalue weighted by Gasteiger charge is -2.22. The van der Waals surface area contributed by atoms with Crippen molar-refractivity contribution in [2.75, 3.05) is 0 Å². The van der Waals surface area contributed by atoms with Crippen molar-refractivity contribution in [1.29, 1.82) is 0 Å². The van der Waals surface area contributed by atoms with E-state index >= 15 is 0 Å². The summed E-state index contributed by atoms with van der Waals surface area (Å²) in [5, 5.41) is 7.27. The van der Waals surface area contributed by atoms with Gasteiger partial charge in [0.1, 0.15) is 6.04 Å². The predicted molar refractivity (Wildman–Crippen MR) is 85.2 cm³/mol. The zero-order valence-corrected chi connectivity index (χ0v) is 13.5. The molecule has 1 saturated heterocycles. The van der Waals surface area contributed by atoms with E-state index in [-0.39, 0.29) is 11.9 Å². The average Bonchev–Trinajstić information content (AvgIpc) is 3.14. The first-order chi connectivity index (χ1) is 11.1. The maximum Gasteiger partial charge on any atom is 0.249 e. The number of carbonyl (C=O) groups is 1. The zero-order chi connectivity index (χ0) is 16.2. The van der Waals surface area contributed by atoms with Gasteiger partial charge < -0.3 is 14.7 Å². The van der Waals surface area contributed by atoms with Crippen molar-refractivity contribution in [2.24, 2.45) is 0 Å². The van der Waals surface area contributed by atoms with Crippen LogP contribution in [-0.4, -0.2) is 27.0 Å². The summed E-state index contributed by atoms with van der Waals surface area (Å²) >= 11 is 0. The standard InChI is InChI=1S/C17H22N4O2/c1-12(2)18-10-15-19-17(23-20-15)14-8-9-16(22)21(14)11-13-6-4-3-5-7-13/h3-7,12,14,18H,8-11H2,1-2H3/t14-/m0/s1. The molecule has 0 bridgehead atoms. The van der Waals surface area contributed by atoms with Crippen LogP contribution in [-0.2, 0) is 17.9 Å². The van der Waals surface area contributed by atoms with Gasteiger partial charge in [-0.15, -0.1) is 0 Å². The minimum atomic E-state index is -0.122. The normalized spacial score (nSPS) is 18.1. The molecule has 0 radical (unpaired) electrons. The number of rotatable bonds is 6. The van der Waals surface area contributed by atoms with E-state index in [0.29, 0.717) is 37.3 Å². The Labute approximate surface area is 135 Å². The van der Waals surface area contributed by atoms with Crippen LogP contribution in [0.15, 0.2) is 34.9 Å². The highest BCUT2D eigenvalue weighted by Gasteiger charge is 2.35. The third-order valence-corrected chi connectivity index (χ3v) is 3.96. The molecule has 1 amide bonds. The molecule has 0 unspecified atom stereocenters. The molecule has 1 aliphatic rings. The van der Waals surface area contributed by atoms with Crippen molar-refractivity contribution in [3.63, 3.8) is 0 Å². The summed E-state index contributed by atoms with van der Waals surface area (Å²) in [5.41, 5.74) is 1.11. The van der Waals surface area contributed by atoms with Gasteiger partial charge in [-0.1, -0.05) is 49.3 Å². The Morgan fingerprint density at radius 1 is 1.35 bits per heavy atom. The van der Waals surface area contributed by atoms with Crippen molar-refractivity contribution in [3.8, 4) is 0 Å². The Kier molecular flexibility index (Phi) is 4.71. The van der Waals surface area contributed by atoms with Gasteiger partial charge in [0.05, 0.1) is 6.54 Å². The van der Waals surface area contributed by atoms with Crippen LogP contribution in [0.25, 0.3) is 0 Å². The molecule has 0 saturated carbocycles. The molecule has 23 heavy (non-hydrogen) atoms. The minimum Gasteiger partial charge on any atom is -0.337 e. The molecule has 0 spiro atoms. The number of aromatic nitrogens is 2. The maximum atomic E-state index is 12.2. The topological polar surface area (TPSA) is 71.3 Å². The largest absolute Gasteiger partial charge is 0.337 e. The number of benzene rings is 1. The number of carbonyl (C=O) groups excluding carboxylic acids is 1. The number of likely N-dealkylation sites (tertiary alicyclic amines) is 1. The number of amides is 1. The Morgan fingerprint density at radius 2 is 2.13 bits per heavy atom. The lowest BCUT2D eigenvalue weighted by atomic mass is 10.2. The Balaban J connectivity index is 1.72. The fourth-order valence-electron chi connectivity index (χ4n) is 2.74. The number of hydrogen-bond acceptors (Lipinski definition) is 5. The molecule has 6 nitrogen and oxygen atoms in total. The molecule has 0 aliphatic carbocycles. The van der Waals surface area contributed by atoms with Crippen LogP contribution in [0.5, 0.6) is 0 Å². The lowest BCUT2D eigenvalue weighted by molar-refractivity contribution is -0.129. The second kappa shape index (κ2) is 6.91. The predicted octanol–water partition coefficient (Wildman–Crippen LogP) is 2.43. The first-order valence-corrected chi connectivity index (χ1v) is 8.02. The number of nitrogens with one attached hydrogen (secondary N) is 1. The minimum absolute atomic E-state index is 0.122. The van der Waals surface area contributed by atoms with E-state index in [9.17, 15) is 4.79 Å². The van der Waals surface area contributed by atoms with Crippen LogP contribution in [0, 0.1) is 0 Å². The van der Waals surface area contributed by atoms with Gasteiger partial charge in [0.15, 0.2) is 5.82 Å². The molecule has 1 atom stereocenters. The monoisotopic (exact) mass is 314 g/mol. The fourth-order valence-corrected chi connectivity index (χ4v) is 2.74. The molecule has 1 N–H and O–H groups in total. The summed E-state index contributed by atoms with van der Waals surface area (Å²) in [4.78, 5) is 18.5. The van der Waals surface area contributed by atoms with Gasteiger partial charge >= 0.3 is 0 Å². The maximum absolute atomic E-state index is 12.2. The average molecular weight is 314 g/mol. The summed E-state index contributed by atoms with van der Waals surface area (Å²) in [6, 6.07) is 10.2. The van der Waals surface area contributed by atoms with Crippen LogP contribution in [0.2, 0.25) is 0 Å². The van der Waals surface area contributed by atoms with Crippen molar-refractivity contribution in [3.05, 3.63) is 47.6 Å². The van der Waals surface area contributed by atoms with E-state index in [1.807, 2.05) is 35.2 Å². The highest BCUT2D eigenvalue weighted by Crippen LogP contribution is 2.33. The molecule has 2 heterocycles. The first kappa shape index (κ1) is 15.7. The van der Waals surface area contributed by atoms with Crippen LogP contribution in [0.3, 0.4) is 0 Å². The Morgan fingerprint density at radius 3 is 2.87 bits per heavy atom. The Bertz CT molecular complexity index is 654. The third kappa shape index (κ3) is 3.76. The van der Waals surface area contributed by atoms with E-state index in [1.54, 1.807) is 0 Å². The molecule has 1 fully saturated rings. The molecule has 2 aromatic rings. The van der Waals surface area contributed by atoms with Gasteiger partial charge in [0.2, 0.25) is 11.8 Å². The second-order valence-corrected chi connectivity index (χ2v) is 6.15. The van der Waals surface area contributed by atoms with Gasteiger partial charge in [-0.25, -0.2) is 0 Å². The summed E-state index contributed by atoms with van der Waals surface area (Å²) in [5.74, 6) is 1.30. The van der Waals surface area contributed by atoms with Crippen molar-refractivity contribution in [2.45, 2.75) is 51.9 Å². The highest BCUT2D eigenvalue weighted by molar-refractivity contribution is 5.78. The van der Waals surface area contributed by atoms with E-state index < -0.39 is 0 Å². The highest BCUT2D eigenvalue weighted by atomic mass is 16.5. The van der Waals surface area contributed by atoms with E-state index in [2.05, 4.69) is 29.3 Å². The quantitative estimate of drug-likeness (QED) is 0.886. The second-order valence-electron chi connectivity index (χ2n) is 6.15. The van der Waals surface area contributed by atoms with Crippen molar-refractivity contribution >= 4 is 5.91 Å². The van der Waals surface area contributed by atoms with Gasteiger partial charge in [-0.3, -0.25) is 4.79 Å². The van der Waals surface area contributed by atoms with Crippen LogP contribution < -0.4 is 5.32 Å². The molecule has 1 aromatic heterocycles. The van der Waals surface area contributed by atoms with Crippen LogP contribution in [0.4, 0.5) is 0 Å². The molecule has 3 rings (SSSR count). The zero-order valence-electron chi connectivity index (χ0n) is 13.5. The Hall–Kier alpha value is -2.21. The first-order valence-electron chi connectivity index (χ1n) is 8.02. The van der Waals surface area contributed by atoms with E-state index in [0.717, 1.165) is 12.0 Å². The molecule has 6 heteroatoms. The smallest absolute Gasteiger partial charge is 0.249 e. The van der Waals surface area contributed by atoms with Gasteiger partial charge in [-0.2, -0.15) is 4.98 Å². The SMILES string of the molecule is CC(C)NCc1noc([C@@H]2CCC(=O)N2Cc2ccccc2)n1. The molecule has 122 valence electrons. The summed E-state index contributed by atoms with van der Waals surface area (Å²) in [7, 11) is 0. The molecule has 1 aliphatic heterocycles. The van der Waals surface area contributed by atoms with E-state index in [1.165, 1.54) is 0 Å². The summed E-state index contributed by atoms with van der Waals surface area (Å²) in [6.07, 6.45) is 1.25. The van der Waals surface area contributed by atoms with Gasteiger partial charge in [0, 0.05) is 19.0 Å². The van der Waals surface area contributed by atoms with Gasteiger partial charge in [0.25, 0.3) is 0 Å². The number of nitrogens with zero attached hydrogens (tertiary/aromatic N) is 3. The third-order valence-electron chi connectivity index (χ3n) is 3.96. The van der Waals surface area contributed by atoms with Crippen molar-refractivity contribution in [1.82, 2.24) is 20.4 Å². The lowest BCUT2D eigenvalue weighted by Crippen LogP contribution is -2.27. The molecular weight excluding hydrogens is 292 g/mol. The van der Waals surface area contributed by atoms with Crippen LogP contribution >= 0.6 is 0 Å². The molecular formula is C17H22N4O2. The molecule has 1 aromatic carbocycles. The van der Waals surface area contributed by atoms with Crippen LogP contribution in [0.1, 0.15) is 50.0 Å². The van der Waals surface area contributed by atoms with Crippen molar-refractivity contribution < 1.29 is 9.32 Å².